The van der Waals surface area contributed by atoms with Gasteiger partial charge in [0.15, 0.2) is 11.6 Å². The van der Waals surface area contributed by atoms with Gasteiger partial charge in [-0.3, -0.25) is 4.79 Å². The predicted octanol–water partition coefficient (Wildman–Crippen LogP) is 4.41. The summed E-state index contributed by atoms with van der Waals surface area (Å²) in [5, 5.41) is 5.85. The van der Waals surface area contributed by atoms with Crippen LogP contribution in [0, 0.1) is 11.6 Å². The number of carbonyl (C=O) groups excluding carboxylic acids is 1. The van der Waals surface area contributed by atoms with E-state index in [1.165, 1.54) is 25.6 Å². The van der Waals surface area contributed by atoms with E-state index in [9.17, 15) is 13.6 Å². The van der Waals surface area contributed by atoms with Crippen molar-refractivity contribution in [2.45, 2.75) is 0 Å². The fourth-order valence-corrected chi connectivity index (χ4v) is 2.41. The van der Waals surface area contributed by atoms with E-state index in [0.29, 0.717) is 16.5 Å². The summed E-state index contributed by atoms with van der Waals surface area (Å²) in [5.41, 5.74) is 0.705. The molecule has 0 aliphatic carbocycles. The summed E-state index contributed by atoms with van der Waals surface area (Å²) < 4.78 is 31.5. The third-order valence-electron chi connectivity index (χ3n) is 3.50. The molecule has 0 bridgehead atoms. The topological polar surface area (TPSA) is 76.1 Å². The summed E-state index contributed by atoms with van der Waals surface area (Å²) in [5.74, 6) is -1.81. The van der Waals surface area contributed by atoms with E-state index < -0.39 is 17.5 Å². The molecule has 0 fully saturated rings. The Bertz CT molecular complexity index is 1000. The number of hydrogen-bond acceptors (Lipinski definition) is 5. The fourth-order valence-electron chi connectivity index (χ4n) is 2.24. The standard InChI is InChI=1S/C18H13ClF2N4O2/c1-27-16-5-2-10(19)6-14(16)25-18(26)15-8-17(23-9-22-15)24-11-3-4-12(20)13(21)7-11/h2-9H,1H3,(H,25,26)(H,22,23,24). The second-order valence-electron chi connectivity index (χ2n) is 5.34. The van der Waals surface area contributed by atoms with Gasteiger partial charge in [-0.25, -0.2) is 18.7 Å². The quantitative estimate of drug-likeness (QED) is 0.674. The molecule has 138 valence electrons. The van der Waals surface area contributed by atoms with Gasteiger partial charge in [0.2, 0.25) is 0 Å². The number of halogens is 3. The maximum atomic E-state index is 13.3. The van der Waals surface area contributed by atoms with Crippen LogP contribution >= 0.6 is 11.6 Å². The molecular weight excluding hydrogens is 378 g/mol. The molecule has 1 heterocycles. The molecule has 2 aromatic carbocycles. The van der Waals surface area contributed by atoms with E-state index in [1.807, 2.05) is 0 Å². The number of rotatable bonds is 5. The van der Waals surface area contributed by atoms with E-state index in [2.05, 4.69) is 20.6 Å². The van der Waals surface area contributed by atoms with Crippen LogP contribution in [0.15, 0.2) is 48.8 Å². The van der Waals surface area contributed by atoms with Crippen LogP contribution in [0.3, 0.4) is 0 Å². The maximum absolute atomic E-state index is 13.3. The van der Waals surface area contributed by atoms with Crippen molar-refractivity contribution in [2.75, 3.05) is 17.7 Å². The monoisotopic (exact) mass is 390 g/mol. The van der Waals surface area contributed by atoms with Crippen molar-refractivity contribution in [1.82, 2.24) is 9.97 Å². The van der Waals surface area contributed by atoms with Crippen LogP contribution in [0.2, 0.25) is 5.02 Å². The van der Waals surface area contributed by atoms with Crippen molar-refractivity contribution in [2.24, 2.45) is 0 Å². The Balaban J connectivity index is 1.79. The number of hydrogen-bond donors (Lipinski definition) is 2. The minimum absolute atomic E-state index is 0.0529. The van der Waals surface area contributed by atoms with Crippen LogP contribution in [0.4, 0.5) is 26.0 Å². The number of nitrogens with one attached hydrogen (secondary N) is 2. The second kappa shape index (κ2) is 7.96. The summed E-state index contributed by atoms with van der Waals surface area (Å²) in [6.07, 6.45) is 1.17. The lowest BCUT2D eigenvalue weighted by molar-refractivity contribution is 0.102. The molecule has 0 aliphatic rings. The normalized spacial score (nSPS) is 10.4. The summed E-state index contributed by atoms with van der Waals surface area (Å²) in [4.78, 5) is 20.3. The summed E-state index contributed by atoms with van der Waals surface area (Å²) in [6, 6.07) is 9.47. The average molecular weight is 391 g/mol. The minimum atomic E-state index is -1.000. The Morgan fingerprint density at radius 1 is 1.07 bits per heavy atom. The van der Waals surface area contributed by atoms with Crippen LogP contribution < -0.4 is 15.4 Å². The number of carbonyl (C=O) groups is 1. The molecule has 0 spiro atoms. The predicted molar refractivity (Wildman–Crippen MR) is 97.6 cm³/mol. The highest BCUT2D eigenvalue weighted by Crippen LogP contribution is 2.28. The smallest absolute Gasteiger partial charge is 0.274 e. The first-order valence-corrected chi connectivity index (χ1v) is 8.03. The van der Waals surface area contributed by atoms with Crippen LogP contribution in [0.25, 0.3) is 0 Å². The van der Waals surface area contributed by atoms with Crippen molar-refractivity contribution in [3.8, 4) is 5.75 Å². The van der Waals surface area contributed by atoms with E-state index in [-0.39, 0.29) is 17.2 Å². The number of benzene rings is 2. The fraction of sp³-hybridized carbons (Fsp3) is 0.0556. The lowest BCUT2D eigenvalue weighted by Crippen LogP contribution is -2.15. The van der Waals surface area contributed by atoms with E-state index in [1.54, 1.807) is 18.2 Å². The summed E-state index contributed by atoms with van der Waals surface area (Å²) in [7, 11) is 1.47. The van der Waals surface area contributed by atoms with Gasteiger partial charge >= 0.3 is 0 Å². The van der Waals surface area contributed by atoms with Crippen LogP contribution in [0.5, 0.6) is 5.75 Å². The van der Waals surface area contributed by atoms with Gasteiger partial charge in [0.05, 0.1) is 12.8 Å². The molecule has 0 saturated carbocycles. The SMILES string of the molecule is COc1ccc(Cl)cc1NC(=O)c1cc(Nc2ccc(F)c(F)c2)ncn1. The Morgan fingerprint density at radius 3 is 2.63 bits per heavy atom. The molecule has 3 rings (SSSR count). The molecule has 1 aromatic heterocycles. The van der Waals surface area contributed by atoms with Gasteiger partial charge in [-0.2, -0.15) is 0 Å². The van der Waals surface area contributed by atoms with Crippen molar-refractivity contribution >= 4 is 34.7 Å². The highest BCUT2D eigenvalue weighted by atomic mass is 35.5. The molecule has 6 nitrogen and oxygen atoms in total. The number of amides is 1. The van der Waals surface area contributed by atoms with Gasteiger partial charge in [-0.15, -0.1) is 0 Å². The molecule has 1 amide bonds. The molecule has 0 aliphatic heterocycles. The first kappa shape index (κ1) is 18.5. The Kier molecular flexibility index (Phi) is 5.46. The summed E-state index contributed by atoms with van der Waals surface area (Å²) in [6.45, 7) is 0. The molecule has 3 aromatic rings. The van der Waals surface area contributed by atoms with Gasteiger partial charge in [-0.05, 0) is 30.3 Å². The van der Waals surface area contributed by atoms with E-state index in [0.717, 1.165) is 12.1 Å². The minimum Gasteiger partial charge on any atom is -0.495 e. The van der Waals surface area contributed by atoms with E-state index in [4.69, 9.17) is 16.3 Å². The second-order valence-corrected chi connectivity index (χ2v) is 5.78. The number of anilines is 3. The van der Waals surface area contributed by atoms with Crippen LogP contribution in [-0.4, -0.2) is 23.0 Å². The Hall–Kier alpha value is -3.26. The molecular formula is C18H13ClF2N4O2. The zero-order valence-electron chi connectivity index (χ0n) is 14.0. The largest absolute Gasteiger partial charge is 0.495 e. The number of aromatic nitrogens is 2. The van der Waals surface area contributed by atoms with Crippen LogP contribution in [0.1, 0.15) is 10.5 Å². The van der Waals surface area contributed by atoms with Gasteiger partial charge in [0, 0.05) is 22.8 Å². The molecule has 0 atom stereocenters. The van der Waals surface area contributed by atoms with Crippen molar-refractivity contribution in [3.63, 3.8) is 0 Å². The molecule has 0 radical (unpaired) electrons. The zero-order chi connectivity index (χ0) is 19.4. The van der Waals surface area contributed by atoms with Gasteiger partial charge in [0.1, 0.15) is 23.6 Å². The van der Waals surface area contributed by atoms with Crippen LogP contribution in [-0.2, 0) is 0 Å². The molecule has 2 N–H and O–H groups in total. The maximum Gasteiger partial charge on any atom is 0.274 e. The van der Waals surface area contributed by atoms with Crippen molar-refractivity contribution < 1.29 is 18.3 Å². The van der Waals surface area contributed by atoms with Crippen molar-refractivity contribution in [1.29, 1.82) is 0 Å². The van der Waals surface area contributed by atoms with E-state index >= 15 is 0 Å². The zero-order valence-corrected chi connectivity index (χ0v) is 14.7. The molecule has 0 saturated heterocycles. The highest BCUT2D eigenvalue weighted by molar-refractivity contribution is 6.31. The average Bonchev–Trinajstić information content (AvgIpc) is 2.65. The molecule has 0 unspecified atom stereocenters. The van der Waals surface area contributed by atoms with Gasteiger partial charge < -0.3 is 15.4 Å². The lowest BCUT2D eigenvalue weighted by Gasteiger charge is -2.11. The third kappa shape index (κ3) is 4.48. The van der Waals surface area contributed by atoms with Crippen molar-refractivity contribution in [3.05, 3.63) is 71.1 Å². The number of methoxy groups -OCH3 is 1. The Labute approximate surface area is 158 Å². The highest BCUT2D eigenvalue weighted by Gasteiger charge is 2.13. The number of nitrogens with zero attached hydrogens (tertiary/aromatic N) is 2. The Morgan fingerprint density at radius 2 is 1.89 bits per heavy atom. The lowest BCUT2D eigenvalue weighted by atomic mass is 10.2. The molecule has 9 heteroatoms. The third-order valence-corrected chi connectivity index (χ3v) is 3.74. The first-order valence-electron chi connectivity index (χ1n) is 7.65. The number of ether oxygens (including phenoxy) is 1. The van der Waals surface area contributed by atoms with Gasteiger partial charge in [-0.1, -0.05) is 11.6 Å². The van der Waals surface area contributed by atoms with Gasteiger partial charge in [0.25, 0.3) is 5.91 Å². The molecule has 27 heavy (non-hydrogen) atoms. The first-order chi connectivity index (χ1) is 13.0. The summed E-state index contributed by atoms with van der Waals surface area (Å²) >= 11 is 5.94.